The van der Waals surface area contributed by atoms with Crippen LogP contribution in [0.5, 0.6) is 0 Å². The Morgan fingerprint density at radius 3 is 2.73 bits per heavy atom. The van der Waals surface area contributed by atoms with Crippen molar-refractivity contribution in [1.82, 2.24) is 19.5 Å². The number of likely N-dealkylation sites (tertiary alicyclic amines) is 1. The summed E-state index contributed by atoms with van der Waals surface area (Å²) in [5.41, 5.74) is 0.936. The maximum atomic E-state index is 14.4. The van der Waals surface area contributed by atoms with Gasteiger partial charge in [-0.15, -0.1) is 5.10 Å². The summed E-state index contributed by atoms with van der Waals surface area (Å²) in [6.07, 6.45) is 5.16. The Kier molecular flexibility index (Phi) is 4.72. The number of hydrogen-bond donors (Lipinski definition) is 1. The fraction of sp³-hybridized carbons (Fsp3) is 0.381. The third-order valence-corrected chi connectivity index (χ3v) is 5.84. The molecule has 2 fully saturated rings. The van der Waals surface area contributed by atoms with Gasteiger partial charge in [0.25, 0.3) is 0 Å². The van der Waals surface area contributed by atoms with Crippen LogP contribution in [0, 0.1) is 11.6 Å². The molecule has 9 heteroatoms. The van der Waals surface area contributed by atoms with Gasteiger partial charge in [-0.2, -0.15) is 4.52 Å². The van der Waals surface area contributed by atoms with Crippen molar-refractivity contribution >= 4 is 23.3 Å². The number of fused-ring (bicyclic) bond motifs is 1. The van der Waals surface area contributed by atoms with Gasteiger partial charge in [-0.3, -0.25) is 5.32 Å². The number of anilines is 2. The number of imidazole rings is 1. The average Bonchev–Trinajstić information content (AvgIpc) is 3.50. The molecule has 5 rings (SSSR count). The average molecular weight is 412 g/mol. The molecule has 30 heavy (non-hydrogen) atoms. The molecule has 2 saturated heterocycles. The molecule has 3 aromatic rings. The first-order valence-electron chi connectivity index (χ1n) is 10.2. The zero-order chi connectivity index (χ0) is 20.7. The summed E-state index contributed by atoms with van der Waals surface area (Å²) in [6.45, 7) is 2.18. The number of aromatic nitrogens is 3. The molecule has 1 unspecified atom stereocenters. The molecule has 2 amide bonds. The van der Waals surface area contributed by atoms with E-state index < -0.39 is 11.6 Å². The van der Waals surface area contributed by atoms with Crippen molar-refractivity contribution in [2.75, 3.05) is 29.9 Å². The van der Waals surface area contributed by atoms with E-state index >= 15 is 0 Å². The van der Waals surface area contributed by atoms with Crippen LogP contribution in [0.3, 0.4) is 0 Å². The van der Waals surface area contributed by atoms with Crippen LogP contribution in [0.15, 0.2) is 36.5 Å². The normalized spacial score (nSPS) is 19.1. The first kappa shape index (κ1) is 18.8. The number of hydrogen-bond acceptors (Lipinski definition) is 4. The monoisotopic (exact) mass is 412 g/mol. The molecule has 2 aliphatic heterocycles. The minimum absolute atomic E-state index is 0.164. The molecule has 0 radical (unpaired) electrons. The zero-order valence-corrected chi connectivity index (χ0v) is 16.4. The van der Waals surface area contributed by atoms with E-state index in [1.807, 2.05) is 17.0 Å². The van der Waals surface area contributed by atoms with E-state index in [4.69, 9.17) is 0 Å². The lowest BCUT2D eigenvalue weighted by molar-refractivity contribution is 0.222. The Hall–Kier alpha value is -3.23. The van der Waals surface area contributed by atoms with Crippen LogP contribution in [-0.4, -0.2) is 45.2 Å². The number of amides is 2. The smallest absolute Gasteiger partial charge is 0.323 e. The van der Waals surface area contributed by atoms with Crippen molar-refractivity contribution in [1.29, 1.82) is 0 Å². The zero-order valence-electron chi connectivity index (χ0n) is 16.4. The molecule has 2 aliphatic rings. The summed E-state index contributed by atoms with van der Waals surface area (Å²) >= 11 is 0. The van der Waals surface area contributed by atoms with Gasteiger partial charge in [0.1, 0.15) is 17.5 Å². The van der Waals surface area contributed by atoms with Crippen LogP contribution in [0.4, 0.5) is 25.2 Å². The van der Waals surface area contributed by atoms with Crippen LogP contribution in [0.2, 0.25) is 0 Å². The Balaban J connectivity index is 1.45. The number of benzene rings is 1. The Morgan fingerprint density at radius 2 is 1.90 bits per heavy atom. The fourth-order valence-electron chi connectivity index (χ4n) is 4.35. The van der Waals surface area contributed by atoms with Crippen molar-refractivity contribution < 1.29 is 13.6 Å². The van der Waals surface area contributed by atoms with E-state index in [0.29, 0.717) is 35.8 Å². The highest BCUT2D eigenvalue weighted by Crippen LogP contribution is 2.36. The molecule has 0 aliphatic carbocycles. The topological polar surface area (TPSA) is 65.8 Å². The second-order valence-electron chi connectivity index (χ2n) is 7.75. The third kappa shape index (κ3) is 3.34. The lowest BCUT2D eigenvalue weighted by Gasteiger charge is -2.26. The molecular weight excluding hydrogens is 390 g/mol. The quantitative estimate of drug-likeness (QED) is 0.707. The molecule has 7 nitrogen and oxygen atoms in total. The van der Waals surface area contributed by atoms with Gasteiger partial charge in [-0.25, -0.2) is 18.6 Å². The van der Waals surface area contributed by atoms with Gasteiger partial charge >= 0.3 is 6.03 Å². The Bertz CT molecular complexity index is 1090. The van der Waals surface area contributed by atoms with Gasteiger partial charge < -0.3 is 9.80 Å². The SMILES string of the molecule is O=C(Nc1cnc2ccc(N3CCCC3c3cc(F)ccc3F)nn12)N1CCCC1. The number of halogens is 2. The maximum absolute atomic E-state index is 14.4. The van der Waals surface area contributed by atoms with Gasteiger partial charge in [0.2, 0.25) is 0 Å². The van der Waals surface area contributed by atoms with E-state index in [0.717, 1.165) is 38.4 Å². The predicted octanol–water partition coefficient (Wildman–Crippen LogP) is 3.98. The highest BCUT2D eigenvalue weighted by Gasteiger charge is 2.30. The lowest BCUT2D eigenvalue weighted by Crippen LogP contribution is -2.32. The van der Waals surface area contributed by atoms with E-state index in [2.05, 4.69) is 15.4 Å². The summed E-state index contributed by atoms with van der Waals surface area (Å²) in [7, 11) is 0. The minimum atomic E-state index is -0.455. The van der Waals surface area contributed by atoms with Crippen molar-refractivity contribution in [2.45, 2.75) is 31.7 Å². The van der Waals surface area contributed by atoms with Gasteiger partial charge in [-0.05, 0) is 56.0 Å². The predicted molar refractivity (Wildman–Crippen MR) is 108 cm³/mol. The first-order valence-corrected chi connectivity index (χ1v) is 10.2. The highest BCUT2D eigenvalue weighted by atomic mass is 19.1. The summed E-state index contributed by atoms with van der Waals surface area (Å²) in [4.78, 5) is 20.5. The lowest BCUT2D eigenvalue weighted by atomic mass is 10.0. The summed E-state index contributed by atoms with van der Waals surface area (Å²) in [6, 6.07) is 6.73. The van der Waals surface area contributed by atoms with E-state index in [9.17, 15) is 13.6 Å². The van der Waals surface area contributed by atoms with Crippen LogP contribution >= 0.6 is 0 Å². The number of carbonyl (C=O) groups is 1. The summed E-state index contributed by atoms with van der Waals surface area (Å²) in [5, 5.41) is 7.54. The fourth-order valence-corrected chi connectivity index (χ4v) is 4.35. The van der Waals surface area contributed by atoms with Crippen molar-refractivity contribution in [3.8, 4) is 0 Å². The second kappa shape index (κ2) is 7.55. The molecule has 156 valence electrons. The van der Waals surface area contributed by atoms with Gasteiger partial charge in [-0.1, -0.05) is 0 Å². The second-order valence-corrected chi connectivity index (χ2v) is 7.75. The largest absolute Gasteiger partial charge is 0.348 e. The number of nitrogens with one attached hydrogen (secondary N) is 1. The Labute approximate surface area is 172 Å². The van der Waals surface area contributed by atoms with E-state index in [1.165, 1.54) is 12.1 Å². The van der Waals surface area contributed by atoms with Crippen LogP contribution in [-0.2, 0) is 0 Å². The van der Waals surface area contributed by atoms with Crippen molar-refractivity contribution in [3.63, 3.8) is 0 Å². The van der Waals surface area contributed by atoms with E-state index in [1.54, 1.807) is 15.6 Å². The molecule has 1 aromatic carbocycles. The molecule has 1 atom stereocenters. The van der Waals surface area contributed by atoms with Gasteiger partial charge in [0, 0.05) is 25.2 Å². The van der Waals surface area contributed by atoms with Gasteiger partial charge in [0.15, 0.2) is 11.5 Å². The standard InChI is InChI=1S/C21H22F2N6O/c22-14-5-6-16(23)15(12-14)17-4-3-11-28(17)19-8-7-18-24-13-20(29(18)26-19)25-21(30)27-9-1-2-10-27/h5-8,12-13,17H,1-4,9-11H2,(H,25,30). The van der Waals surface area contributed by atoms with Gasteiger partial charge in [0.05, 0.1) is 12.2 Å². The van der Waals surface area contributed by atoms with Crippen molar-refractivity contribution in [3.05, 3.63) is 53.7 Å². The Morgan fingerprint density at radius 1 is 1.07 bits per heavy atom. The molecule has 2 aromatic heterocycles. The molecule has 0 saturated carbocycles. The highest BCUT2D eigenvalue weighted by molar-refractivity contribution is 5.88. The molecule has 0 bridgehead atoms. The van der Waals surface area contributed by atoms with Crippen LogP contribution in [0.1, 0.15) is 37.3 Å². The number of urea groups is 1. The summed E-state index contributed by atoms with van der Waals surface area (Å²) < 4.78 is 29.7. The van der Waals surface area contributed by atoms with Crippen molar-refractivity contribution in [2.24, 2.45) is 0 Å². The third-order valence-electron chi connectivity index (χ3n) is 5.84. The molecule has 4 heterocycles. The first-order chi connectivity index (χ1) is 14.6. The number of carbonyl (C=O) groups excluding carboxylic acids is 1. The molecule has 1 N–H and O–H groups in total. The summed E-state index contributed by atoms with van der Waals surface area (Å²) in [5.74, 6) is 0.235. The number of nitrogens with zero attached hydrogens (tertiary/aromatic N) is 5. The molecular formula is C21H22F2N6O. The maximum Gasteiger partial charge on any atom is 0.323 e. The minimum Gasteiger partial charge on any atom is -0.348 e. The van der Waals surface area contributed by atoms with E-state index in [-0.39, 0.29) is 12.1 Å². The molecule has 0 spiro atoms. The number of rotatable bonds is 3. The van der Waals surface area contributed by atoms with Crippen LogP contribution < -0.4 is 10.2 Å². The van der Waals surface area contributed by atoms with Crippen LogP contribution in [0.25, 0.3) is 5.65 Å².